The van der Waals surface area contributed by atoms with Crippen LogP contribution in [0.1, 0.15) is 11.1 Å². The number of methoxy groups -OCH3 is 2. The molecule has 2 aromatic carbocycles. The number of amides is 2. The molecule has 0 saturated heterocycles. The molecule has 0 bridgehead atoms. The van der Waals surface area contributed by atoms with Crippen LogP contribution in [0.5, 0.6) is 0 Å². The summed E-state index contributed by atoms with van der Waals surface area (Å²) in [5.41, 5.74) is 14.5. The zero-order chi connectivity index (χ0) is 30.2. The second-order valence-corrected chi connectivity index (χ2v) is 8.82. The summed E-state index contributed by atoms with van der Waals surface area (Å²) in [5.74, 6) is -0.221. The maximum Gasteiger partial charge on any atom is 0.411 e. The minimum absolute atomic E-state index is 0.0147. The van der Waals surface area contributed by atoms with Gasteiger partial charge in [-0.25, -0.2) is 28.3 Å². The van der Waals surface area contributed by atoms with E-state index >= 15 is 0 Å². The number of nitrogens with one attached hydrogen (secondary N) is 3. The standard InChI is InChI=1S/C28H28F2N8O4/c1-41-27(39)34-20-11-12-23(36-24(20)31)38(15-17-5-9-19(30)10-6-17)22-13-21(35-28(40)42-2)25(32)37-26(22)33-14-16-3-7-18(29)8-4-16/h3-13H,14-15H2,1-2H3,(H2,31,36)(H,34,39)(H,35,40)(H3,32,33,37). The Morgan fingerprint density at radius 1 is 0.786 bits per heavy atom. The molecule has 0 aliphatic carbocycles. The summed E-state index contributed by atoms with van der Waals surface area (Å²) < 4.78 is 36.5. The van der Waals surface area contributed by atoms with Gasteiger partial charge in [-0.2, -0.15) is 0 Å². The minimum Gasteiger partial charge on any atom is -0.453 e. The summed E-state index contributed by atoms with van der Waals surface area (Å²) in [6.45, 7) is 0.385. The van der Waals surface area contributed by atoms with Crippen LogP contribution in [0.2, 0.25) is 0 Å². The molecule has 14 heteroatoms. The third-order valence-electron chi connectivity index (χ3n) is 5.98. The van der Waals surface area contributed by atoms with E-state index < -0.39 is 18.0 Å². The number of anilines is 7. The number of nitrogens with two attached hydrogens (primary N) is 2. The number of benzene rings is 2. The molecule has 4 aromatic rings. The number of hydrogen-bond donors (Lipinski definition) is 5. The SMILES string of the molecule is COC(=O)Nc1ccc(N(Cc2ccc(F)cc2)c2cc(NC(=O)OC)c(N)nc2NCc2ccc(F)cc2)nc1N. The van der Waals surface area contributed by atoms with Crippen LogP contribution in [0.4, 0.5) is 58.7 Å². The summed E-state index contributed by atoms with van der Waals surface area (Å²) >= 11 is 0. The summed E-state index contributed by atoms with van der Waals surface area (Å²) in [7, 11) is 2.42. The molecule has 2 heterocycles. The van der Waals surface area contributed by atoms with Crippen molar-refractivity contribution in [2.75, 3.05) is 46.5 Å². The maximum atomic E-state index is 13.7. The number of carbonyl (C=O) groups is 2. The molecule has 7 N–H and O–H groups in total. The Bertz CT molecular complexity index is 1570. The predicted molar refractivity (Wildman–Crippen MR) is 155 cm³/mol. The van der Waals surface area contributed by atoms with Gasteiger partial charge in [0.05, 0.1) is 31.3 Å². The predicted octanol–water partition coefficient (Wildman–Crippen LogP) is 5.23. The zero-order valence-electron chi connectivity index (χ0n) is 22.7. The van der Waals surface area contributed by atoms with Gasteiger partial charge in [-0.3, -0.25) is 10.6 Å². The van der Waals surface area contributed by atoms with E-state index in [0.717, 1.165) is 5.56 Å². The van der Waals surface area contributed by atoms with Gasteiger partial charge in [0.2, 0.25) is 0 Å². The van der Waals surface area contributed by atoms with E-state index in [0.29, 0.717) is 17.1 Å². The second-order valence-electron chi connectivity index (χ2n) is 8.82. The van der Waals surface area contributed by atoms with Crippen LogP contribution < -0.4 is 32.3 Å². The number of pyridine rings is 2. The quantitative estimate of drug-likeness (QED) is 0.177. The number of nitrogens with zero attached hydrogens (tertiary/aromatic N) is 3. The van der Waals surface area contributed by atoms with E-state index in [1.807, 2.05) is 0 Å². The molecular weight excluding hydrogens is 550 g/mol. The molecule has 0 unspecified atom stereocenters. The van der Waals surface area contributed by atoms with Crippen LogP contribution in [0, 0.1) is 11.6 Å². The second kappa shape index (κ2) is 13.1. The van der Waals surface area contributed by atoms with Gasteiger partial charge >= 0.3 is 12.2 Å². The van der Waals surface area contributed by atoms with E-state index in [-0.39, 0.29) is 47.7 Å². The molecule has 4 rings (SSSR count). The lowest BCUT2D eigenvalue weighted by Gasteiger charge is -2.28. The van der Waals surface area contributed by atoms with Gasteiger partial charge in [-0.15, -0.1) is 0 Å². The van der Waals surface area contributed by atoms with Crippen molar-refractivity contribution in [2.45, 2.75) is 13.1 Å². The first-order valence-corrected chi connectivity index (χ1v) is 12.4. The lowest BCUT2D eigenvalue weighted by atomic mass is 10.1. The molecule has 0 radical (unpaired) electrons. The molecule has 42 heavy (non-hydrogen) atoms. The third-order valence-corrected chi connectivity index (χ3v) is 5.98. The first-order chi connectivity index (χ1) is 20.2. The molecular formula is C28H28F2N8O4. The molecule has 218 valence electrons. The van der Waals surface area contributed by atoms with E-state index in [4.69, 9.17) is 16.2 Å². The van der Waals surface area contributed by atoms with Gasteiger partial charge < -0.3 is 31.2 Å². The summed E-state index contributed by atoms with van der Waals surface area (Å²) in [6, 6.07) is 16.4. The van der Waals surface area contributed by atoms with Gasteiger partial charge in [0.1, 0.15) is 29.1 Å². The molecule has 12 nitrogen and oxygen atoms in total. The fraction of sp³-hybridized carbons (Fsp3) is 0.143. The topological polar surface area (TPSA) is 170 Å². The van der Waals surface area contributed by atoms with Crippen molar-refractivity contribution < 1.29 is 27.8 Å². The van der Waals surface area contributed by atoms with Crippen molar-refractivity contribution >= 4 is 52.5 Å². The average molecular weight is 579 g/mol. The fourth-order valence-corrected chi connectivity index (χ4v) is 3.85. The van der Waals surface area contributed by atoms with Gasteiger partial charge in [-0.05, 0) is 53.6 Å². The Balaban J connectivity index is 1.82. The van der Waals surface area contributed by atoms with Gasteiger partial charge in [0, 0.05) is 13.1 Å². The van der Waals surface area contributed by atoms with E-state index in [1.54, 1.807) is 41.3 Å². The lowest BCUT2D eigenvalue weighted by Crippen LogP contribution is -2.22. The average Bonchev–Trinajstić information content (AvgIpc) is 2.98. The summed E-state index contributed by atoms with van der Waals surface area (Å²) in [4.78, 5) is 34.4. The number of ether oxygens (including phenoxy) is 2. The monoisotopic (exact) mass is 578 g/mol. The number of nitrogen functional groups attached to an aromatic ring is 2. The number of aromatic nitrogens is 2. The van der Waals surface area contributed by atoms with Crippen LogP contribution in [0.25, 0.3) is 0 Å². The highest BCUT2D eigenvalue weighted by Gasteiger charge is 2.22. The first kappa shape index (κ1) is 29.3. The van der Waals surface area contributed by atoms with Crippen molar-refractivity contribution in [1.29, 1.82) is 0 Å². The van der Waals surface area contributed by atoms with Crippen LogP contribution in [0.15, 0.2) is 66.7 Å². The highest BCUT2D eigenvalue weighted by Crippen LogP contribution is 2.37. The minimum atomic E-state index is -0.771. The highest BCUT2D eigenvalue weighted by atomic mass is 19.1. The smallest absolute Gasteiger partial charge is 0.411 e. The molecule has 0 aliphatic heterocycles. The van der Waals surface area contributed by atoms with Crippen LogP contribution in [-0.2, 0) is 22.6 Å². The lowest BCUT2D eigenvalue weighted by molar-refractivity contribution is 0.186. The van der Waals surface area contributed by atoms with E-state index in [2.05, 4.69) is 30.7 Å². The Morgan fingerprint density at radius 3 is 1.90 bits per heavy atom. The molecule has 0 aliphatic rings. The molecule has 0 atom stereocenters. The molecule has 0 saturated carbocycles. The van der Waals surface area contributed by atoms with Crippen LogP contribution in [0.3, 0.4) is 0 Å². The van der Waals surface area contributed by atoms with E-state index in [9.17, 15) is 18.4 Å². The number of halogens is 2. The largest absolute Gasteiger partial charge is 0.453 e. The van der Waals surface area contributed by atoms with Crippen LogP contribution >= 0.6 is 0 Å². The summed E-state index contributed by atoms with van der Waals surface area (Å²) in [5, 5.41) is 8.21. The normalized spacial score (nSPS) is 10.5. The fourth-order valence-electron chi connectivity index (χ4n) is 3.85. The Kier molecular flexibility index (Phi) is 9.17. The third kappa shape index (κ3) is 7.29. The number of hydrogen-bond acceptors (Lipinski definition) is 10. The van der Waals surface area contributed by atoms with Gasteiger partial charge in [-0.1, -0.05) is 24.3 Å². The van der Waals surface area contributed by atoms with Crippen molar-refractivity contribution in [1.82, 2.24) is 9.97 Å². The molecule has 0 spiro atoms. The molecule has 2 aromatic heterocycles. The van der Waals surface area contributed by atoms with Crippen molar-refractivity contribution in [2.24, 2.45) is 0 Å². The number of carbonyl (C=O) groups excluding carboxylic acids is 2. The molecule has 0 fully saturated rings. The van der Waals surface area contributed by atoms with Crippen molar-refractivity contribution in [3.8, 4) is 0 Å². The van der Waals surface area contributed by atoms with Crippen LogP contribution in [-0.4, -0.2) is 36.4 Å². The Morgan fingerprint density at radius 2 is 1.33 bits per heavy atom. The first-order valence-electron chi connectivity index (χ1n) is 12.4. The zero-order valence-corrected chi connectivity index (χ0v) is 22.7. The van der Waals surface area contributed by atoms with Crippen molar-refractivity contribution in [3.05, 3.63) is 89.5 Å². The Hall–Kier alpha value is -5.66. The Labute approximate surface area is 239 Å². The highest BCUT2D eigenvalue weighted by molar-refractivity contribution is 5.92. The summed E-state index contributed by atoms with van der Waals surface area (Å²) in [6.07, 6.45) is -1.50. The van der Waals surface area contributed by atoms with Gasteiger partial charge in [0.15, 0.2) is 5.82 Å². The van der Waals surface area contributed by atoms with E-state index in [1.165, 1.54) is 44.6 Å². The number of rotatable bonds is 9. The van der Waals surface area contributed by atoms with Gasteiger partial charge in [0.25, 0.3) is 0 Å². The maximum absolute atomic E-state index is 13.7. The van der Waals surface area contributed by atoms with Crippen molar-refractivity contribution in [3.63, 3.8) is 0 Å². The molecule has 2 amide bonds.